The molecule has 0 aliphatic rings. The minimum atomic E-state index is -0.643. The van der Waals surface area contributed by atoms with Crippen LogP contribution in [-0.4, -0.2) is 11.6 Å². The lowest BCUT2D eigenvalue weighted by atomic mass is 10.1. The summed E-state index contributed by atoms with van der Waals surface area (Å²) >= 11 is 3.07. The fraction of sp³-hybridized carbons (Fsp3) is 0.364. The average molecular weight is 290 g/mol. The van der Waals surface area contributed by atoms with Gasteiger partial charge in [-0.25, -0.2) is 9.18 Å². The van der Waals surface area contributed by atoms with E-state index in [-0.39, 0.29) is 11.3 Å². The Morgan fingerprint density at radius 1 is 1.44 bits per heavy atom. The molecule has 0 amide bonds. The molecule has 16 heavy (non-hydrogen) atoms. The first-order chi connectivity index (χ1) is 7.20. The Labute approximate surface area is 102 Å². The molecular formula is C11H13BrFNO2. The third-order valence-electron chi connectivity index (χ3n) is 1.71. The van der Waals surface area contributed by atoms with E-state index in [9.17, 15) is 9.18 Å². The van der Waals surface area contributed by atoms with Crippen LogP contribution in [0.15, 0.2) is 16.6 Å². The van der Waals surface area contributed by atoms with Crippen LogP contribution in [0.1, 0.15) is 31.1 Å². The van der Waals surface area contributed by atoms with E-state index in [1.165, 1.54) is 6.07 Å². The molecule has 0 spiro atoms. The first-order valence-electron chi connectivity index (χ1n) is 4.68. The summed E-state index contributed by atoms with van der Waals surface area (Å²) < 4.78 is 18.7. The van der Waals surface area contributed by atoms with Gasteiger partial charge in [-0.05, 0) is 48.8 Å². The number of benzene rings is 1. The van der Waals surface area contributed by atoms with Gasteiger partial charge in [0, 0.05) is 4.47 Å². The van der Waals surface area contributed by atoms with Crippen LogP contribution < -0.4 is 5.73 Å². The molecule has 0 heterocycles. The molecule has 1 aromatic rings. The van der Waals surface area contributed by atoms with Crippen molar-refractivity contribution in [2.45, 2.75) is 26.4 Å². The second-order valence-corrected chi connectivity index (χ2v) is 5.21. The van der Waals surface area contributed by atoms with Gasteiger partial charge in [0.1, 0.15) is 11.4 Å². The third-order valence-corrected chi connectivity index (χ3v) is 2.37. The summed E-state index contributed by atoms with van der Waals surface area (Å²) in [7, 11) is 0. The van der Waals surface area contributed by atoms with Crippen LogP contribution in [0.3, 0.4) is 0 Å². The largest absolute Gasteiger partial charge is 0.456 e. The number of ether oxygens (including phenoxy) is 1. The number of nitrogens with two attached hydrogens (primary N) is 1. The molecule has 0 atom stereocenters. The van der Waals surface area contributed by atoms with Gasteiger partial charge in [0.2, 0.25) is 0 Å². The second-order valence-electron chi connectivity index (χ2n) is 4.36. The Morgan fingerprint density at radius 3 is 2.44 bits per heavy atom. The van der Waals surface area contributed by atoms with Crippen molar-refractivity contribution in [1.82, 2.24) is 0 Å². The summed E-state index contributed by atoms with van der Waals surface area (Å²) in [6.45, 7) is 5.23. The van der Waals surface area contributed by atoms with Gasteiger partial charge in [0.15, 0.2) is 0 Å². The zero-order valence-corrected chi connectivity index (χ0v) is 10.9. The summed E-state index contributed by atoms with van der Waals surface area (Å²) in [5.41, 5.74) is 4.91. The van der Waals surface area contributed by atoms with Crippen LogP contribution in [0.2, 0.25) is 0 Å². The van der Waals surface area contributed by atoms with Crippen LogP contribution in [0.4, 0.5) is 10.1 Å². The van der Waals surface area contributed by atoms with Crippen LogP contribution in [-0.2, 0) is 4.74 Å². The molecule has 0 radical (unpaired) electrons. The number of esters is 1. The highest BCUT2D eigenvalue weighted by Gasteiger charge is 2.19. The molecule has 0 saturated heterocycles. The van der Waals surface area contributed by atoms with Gasteiger partial charge in [-0.15, -0.1) is 0 Å². The lowest BCUT2D eigenvalue weighted by Crippen LogP contribution is -2.24. The van der Waals surface area contributed by atoms with E-state index in [2.05, 4.69) is 15.9 Å². The van der Waals surface area contributed by atoms with Crippen molar-refractivity contribution in [3.8, 4) is 0 Å². The van der Waals surface area contributed by atoms with Crippen molar-refractivity contribution >= 4 is 27.6 Å². The average Bonchev–Trinajstić information content (AvgIpc) is 2.10. The van der Waals surface area contributed by atoms with Gasteiger partial charge < -0.3 is 10.5 Å². The molecular weight excluding hydrogens is 277 g/mol. The molecule has 0 bridgehead atoms. The highest BCUT2D eigenvalue weighted by atomic mass is 79.9. The molecule has 0 aliphatic carbocycles. The molecule has 0 unspecified atom stereocenters. The molecule has 0 saturated carbocycles. The van der Waals surface area contributed by atoms with Crippen molar-refractivity contribution in [2.24, 2.45) is 0 Å². The van der Waals surface area contributed by atoms with E-state index in [0.717, 1.165) is 6.07 Å². The van der Waals surface area contributed by atoms with Crippen molar-refractivity contribution in [1.29, 1.82) is 0 Å². The Kier molecular flexibility index (Phi) is 3.57. The molecule has 1 aromatic carbocycles. The van der Waals surface area contributed by atoms with Crippen molar-refractivity contribution in [3.63, 3.8) is 0 Å². The molecule has 88 valence electrons. The first kappa shape index (κ1) is 13.0. The molecule has 3 nitrogen and oxygen atoms in total. The van der Waals surface area contributed by atoms with E-state index in [1.54, 1.807) is 20.8 Å². The van der Waals surface area contributed by atoms with Crippen LogP contribution in [0, 0.1) is 5.82 Å². The quantitative estimate of drug-likeness (QED) is 0.638. The Hall–Kier alpha value is -1.10. The number of hydrogen-bond acceptors (Lipinski definition) is 3. The third kappa shape index (κ3) is 3.20. The van der Waals surface area contributed by atoms with Gasteiger partial charge in [-0.1, -0.05) is 0 Å². The van der Waals surface area contributed by atoms with Gasteiger partial charge in [-0.2, -0.15) is 0 Å². The number of halogens is 2. The normalized spacial score (nSPS) is 11.3. The molecule has 1 rings (SSSR count). The maximum Gasteiger partial charge on any atom is 0.338 e. The number of rotatable bonds is 1. The monoisotopic (exact) mass is 289 g/mol. The topological polar surface area (TPSA) is 52.3 Å². The van der Waals surface area contributed by atoms with Crippen LogP contribution in [0.5, 0.6) is 0 Å². The lowest BCUT2D eigenvalue weighted by Gasteiger charge is -2.19. The van der Waals surface area contributed by atoms with Gasteiger partial charge >= 0.3 is 5.97 Å². The van der Waals surface area contributed by atoms with Gasteiger partial charge in [0.25, 0.3) is 0 Å². The van der Waals surface area contributed by atoms with Gasteiger partial charge in [-0.3, -0.25) is 0 Å². The van der Waals surface area contributed by atoms with Crippen molar-refractivity contribution in [2.75, 3.05) is 5.73 Å². The van der Waals surface area contributed by atoms with E-state index < -0.39 is 17.4 Å². The Bertz CT molecular complexity index is 403. The summed E-state index contributed by atoms with van der Waals surface area (Å²) in [6.07, 6.45) is 0. The zero-order valence-electron chi connectivity index (χ0n) is 9.30. The number of carbonyl (C=O) groups excluding carboxylic acids is 1. The highest BCUT2D eigenvalue weighted by Crippen LogP contribution is 2.25. The summed E-state index contributed by atoms with van der Waals surface area (Å²) in [5.74, 6) is -1.22. The maximum atomic E-state index is 13.3. The highest BCUT2D eigenvalue weighted by molar-refractivity contribution is 9.10. The van der Waals surface area contributed by atoms with E-state index in [0.29, 0.717) is 4.47 Å². The number of hydrogen-bond donors (Lipinski definition) is 1. The molecule has 5 heteroatoms. The van der Waals surface area contributed by atoms with Crippen molar-refractivity contribution in [3.05, 3.63) is 28.0 Å². The number of carbonyl (C=O) groups is 1. The summed E-state index contributed by atoms with van der Waals surface area (Å²) in [6, 6.07) is 2.50. The Balaban J connectivity index is 3.02. The Morgan fingerprint density at radius 2 is 2.00 bits per heavy atom. The second kappa shape index (κ2) is 4.41. The smallest absolute Gasteiger partial charge is 0.338 e. The predicted molar refractivity (Wildman–Crippen MR) is 63.7 cm³/mol. The van der Waals surface area contributed by atoms with Crippen LogP contribution in [0.25, 0.3) is 0 Å². The fourth-order valence-electron chi connectivity index (χ4n) is 1.04. The van der Waals surface area contributed by atoms with Gasteiger partial charge in [0.05, 0.1) is 11.3 Å². The van der Waals surface area contributed by atoms with E-state index in [4.69, 9.17) is 10.5 Å². The number of anilines is 1. The minimum Gasteiger partial charge on any atom is -0.456 e. The van der Waals surface area contributed by atoms with Crippen LogP contribution >= 0.6 is 15.9 Å². The SMILES string of the molecule is CC(C)(C)OC(=O)c1cc(F)c(N)c(Br)c1. The number of nitrogen functional groups attached to an aromatic ring is 1. The van der Waals surface area contributed by atoms with E-state index >= 15 is 0 Å². The summed E-state index contributed by atoms with van der Waals surface area (Å²) in [4.78, 5) is 11.6. The maximum absolute atomic E-state index is 13.3. The molecule has 0 aromatic heterocycles. The van der Waals surface area contributed by atoms with E-state index in [1.807, 2.05) is 0 Å². The fourth-order valence-corrected chi connectivity index (χ4v) is 1.48. The first-order valence-corrected chi connectivity index (χ1v) is 5.48. The molecule has 0 aliphatic heterocycles. The molecule has 0 fully saturated rings. The summed E-state index contributed by atoms with van der Waals surface area (Å²) in [5, 5.41) is 0. The standard InChI is InChI=1S/C11H13BrFNO2/c1-11(2,3)16-10(15)6-4-7(12)9(14)8(13)5-6/h4-5H,14H2,1-3H3. The lowest BCUT2D eigenvalue weighted by molar-refractivity contribution is 0.00690. The minimum absolute atomic E-state index is 0.0210. The predicted octanol–water partition coefficient (Wildman–Crippen LogP) is 3.13. The molecule has 2 N–H and O–H groups in total. The zero-order chi connectivity index (χ0) is 12.5. The van der Waals surface area contributed by atoms with Crippen molar-refractivity contribution < 1.29 is 13.9 Å².